The van der Waals surface area contributed by atoms with Gasteiger partial charge in [0, 0.05) is 18.3 Å². The molecule has 0 radical (unpaired) electrons. The summed E-state index contributed by atoms with van der Waals surface area (Å²) in [7, 11) is 1.53. The van der Waals surface area contributed by atoms with E-state index in [1.54, 1.807) is 24.4 Å². The smallest absolute Gasteiger partial charge is 0.254 e. The van der Waals surface area contributed by atoms with Crippen molar-refractivity contribution < 1.29 is 8.78 Å². The number of nitrogens with zero attached hydrogens (tertiary/aromatic N) is 1. The van der Waals surface area contributed by atoms with E-state index in [0.29, 0.717) is 5.69 Å². The monoisotopic (exact) mass is 186 g/mol. The third-order valence-electron chi connectivity index (χ3n) is 1.83. The molecule has 4 heteroatoms. The van der Waals surface area contributed by atoms with Crippen LogP contribution < -0.4 is 5.32 Å². The average Bonchev–Trinajstić information content (AvgIpc) is 2.15. The minimum absolute atomic E-state index is 0.259. The Hall–Kier alpha value is -1.03. The van der Waals surface area contributed by atoms with Gasteiger partial charge in [-0.25, -0.2) is 8.78 Å². The Morgan fingerprint density at radius 3 is 2.69 bits per heavy atom. The van der Waals surface area contributed by atoms with Crippen LogP contribution in [0.15, 0.2) is 24.4 Å². The summed E-state index contributed by atoms with van der Waals surface area (Å²) in [5.74, 6) is 0. The highest BCUT2D eigenvalue weighted by Gasteiger charge is 2.18. The van der Waals surface area contributed by atoms with Crippen LogP contribution in [0.5, 0.6) is 0 Å². The topological polar surface area (TPSA) is 24.9 Å². The molecule has 1 rings (SSSR count). The molecule has 1 heterocycles. The van der Waals surface area contributed by atoms with E-state index in [0.717, 1.165) is 0 Å². The van der Waals surface area contributed by atoms with Crippen molar-refractivity contribution >= 4 is 0 Å². The fourth-order valence-corrected chi connectivity index (χ4v) is 1.06. The molecule has 1 atom stereocenters. The summed E-state index contributed by atoms with van der Waals surface area (Å²) in [6.45, 7) is 0. The first-order chi connectivity index (χ1) is 6.24. The number of hydrogen-bond acceptors (Lipinski definition) is 2. The first-order valence-electron chi connectivity index (χ1n) is 4.09. The molecule has 72 valence electrons. The minimum atomic E-state index is -2.35. The molecule has 0 spiro atoms. The number of rotatable bonds is 4. The van der Waals surface area contributed by atoms with E-state index < -0.39 is 12.5 Å². The SMILES string of the molecule is CNC(Cc1ccccn1)C(F)F. The lowest BCUT2D eigenvalue weighted by Gasteiger charge is -2.13. The van der Waals surface area contributed by atoms with Crippen LogP contribution in [0.1, 0.15) is 5.69 Å². The summed E-state index contributed by atoms with van der Waals surface area (Å²) in [5.41, 5.74) is 0.683. The molecule has 0 aliphatic carbocycles. The molecule has 0 bridgehead atoms. The van der Waals surface area contributed by atoms with Gasteiger partial charge in [0.15, 0.2) is 0 Å². The van der Waals surface area contributed by atoms with Crippen molar-refractivity contribution in [2.24, 2.45) is 0 Å². The van der Waals surface area contributed by atoms with Gasteiger partial charge in [-0.05, 0) is 19.2 Å². The molecule has 0 saturated heterocycles. The predicted molar refractivity (Wildman–Crippen MR) is 46.8 cm³/mol. The van der Waals surface area contributed by atoms with Crippen molar-refractivity contribution in [2.75, 3.05) is 7.05 Å². The van der Waals surface area contributed by atoms with Gasteiger partial charge in [0.05, 0.1) is 6.04 Å². The molecule has 0 amide bonds. The van der Waals surface area contributed by atoms with Gasteiger partial charge in [-0.3, -0.25) is 4.98 Å². The fourth-order valence-electron chi connectivity index (χ4n) is 1.06. The van der Waals surface area contributed by atoms with Gasteiger partial charge in [0.1, 0.15) is 0 Å². The summed E-state index contributed by atoms with van der Waals surface area (Å²) in [5, 5.41) is 2.56. The number of aromatic nitrogens is 1. The van der Waals surface area contributed by atoms with Crippen molar-refractivity contribution in [3.05, 3.63) is 30.1 Å². The van der Waals surface area contributed by atoms with E-state index in [4.69, 9.17) is 0 Å². The van der Waals surface area contributed by atoms with E-state index in [-0.39, 0.29) is 6.42 Å². The lowest BCUT2D eigenvalue weighted by atomic mass is 10.1. The average molecular weight is 186 g/mol. The second-order valence-electron chi connectivity index (χ2n) is 2.75. The van der Waals surface area contributed by atoms with Crippen molar-refractivity contribution in [3.63, 3.8) is 0 Å². The molecular weight excluding hydrogens is 174 g/mol. The van der Waals surface area contributed by atoms with Gasteiger partial charge in [0.2, 0.25) is 0 Å². The maximum Gasteiger partial charge on any atom is 0.254 e. The number of pyridine rings is 1. The molecule has 1 N–H and O–H groups in total. The molecule has 0 saturated carbocycles. The van der Waals surface area contributed by atoms with Gasteiger partial charge < -0.3 is 5.32 Å². The lowest BCUT2D eigenvalue weighted by molar-refractivity contribution is 0.102. The van der Waals surface area contributed by atoms with Gasteiger partial charge in [-0.2, -0.15) is 0 Å². The lowest BCUT2D eigenvalue weighted by Crippen LogP contribution is -2.34. The Bertz CT molecular complexity index is 239. The Kier molecular flexibility index (Phi) is 3.76. The summed E-state index contributed by atoms with van der Waals surface area (Å²) in [4.78, 5) is 3.98. The van der Waals surface area contributed by atoms with Gasteiger partial charge in [-0.1, -0.05) is 6.07 Å². The van der Waals surface area contributed by atoms with E-state index in [1.165, 1.54) is 7.05 Å². The number of nitrogens with one attached hydrogen (secondary N) is 1. The van der Waals surface area contributed by atoms with Crippen LogP contribution >= 0.6 is 0 Å². The molecular formula is C9H12F2N2. The summed E-state index contributed by atoms with van der Waals surface area (Å²) >= 11 is 0. The zero-order chi connectivity index (χ0) is 9.68. The highest BCUT2D eigenvalue weighted by atomic mass is 19.3. The third kappa shape index (κ3) is 3.06. The highest BCUT2D eigenvalue weighted by Crippen LogP contribution is 2.06. The van der Waals surface area contributed by atoms with E-state index >= 15 is 0 Å². The first-order valence-corrected chi connectivity index (χ1v) is 4.09. The minimum Gasteiger partial charge on any atom is -0.312 e. The predicted octanol–water partition coefficient (Wildman–Crippen LogP) is 1.48. The van der Waals surface area contributed by atoms with Gasteiger partial charge in [0.25, 0.3) is 6.43 Å². The number of halogens is 2. The van der Waals surface area contributed by atoms with Crippen LogP contribution in [0, 0.1) is 0 Å². The Balaban J connectivity index is 2.57. The normalized spacial score (nSPS) is 13.2. The van der Waals surface area contributed by atoms with Crippen LogP contribution in [-0.2, 0) is 6.42 Å². The van der Waals surface area contributed by atoms with Crippen LogP contribution in [0.3, 0.4) is 0 Å². The molecule has 2 nitrogen and oxygen atoms in total. The molecule has 1 aromatic heterocycles. The fraction of sp³-hybridized carbons (Fsp3) is 0.444. The Morgan fingerprint density at radius 1 is 1.46 bits per heavy atom. The van der Waals surface area contributed by atoms with Crippen molar-refractivity contribution in [1.82, 2.24) is 10.3 Å². The second kappa shape index (κ2) is 4.87. The molecule has 1 unspecified atom stereocenters. The Morgan fingerprint density at radius 2 is 2.23 bits per heavy atom. The van der Waals surface area contributed by atoms with Gasteiger partial charge >= 0.3 is 0 Å². The molecule has 13 heavy (non-hydrogen) atoms. The standard InChI is InChI=1S/C9H12F2N2/c1-12-8(9(10)11)6-7-4-2-3-5-13-7/h2-5,8-9,12H,6H2,1H3. The zero-order valence-corrected chi connectivity index (χ0v) is 7.37. The Labute approximate surface area is 76.0 Å². The maximum atomic E-state index is 12.3. The number of likely N-dealkylation sites (N-methyl/N-ethyl adjacent to an activating group) is 1. The summed E-state index contributed by atoms with van der Waals surface area (Å²) in [6.07, 6.45) is -0.491. The van der Waals surface area contributed by atoms with Crippen molar-refractivity contribution in [3.8, 4) is 0 Å². The van der Waals surface area contributed by atoms with Crippen molar-refractivity contribution in [1.29, 1.82) is 0 Å². The number of hydrogen-bond donors (Lipinski definition) is 1. The van der Waals surface area contributed by atoms with E-state index in [2.05, 4.69) is 10.3 Å². The van der Waals surface area contributed by atoms with Crippen LogP contribution in [0.25, 0.3) is 0 Å². The highest BCUT2D eigenvalue weighted by molar-refractivity contribution is 5.05. The van der Waals surface area contributed by atoms with Crippen LogP contribution in [0.2, 0.25) is 0 Å². The largest absolute Gasteiger partial charge is 0.312 e. The molecule has 0 aliphatic rings. The van der Waals surface area contributed by atoms with Gasteiger partial charge in [-0.15, -0.1) is 0 Å². The maximum absolute atomic E-state index is 12.3. The molecule has 0 aliphatic heterocycles. The number of alkyl halides is 2. The third-order valence-corrected chi connectivity index (χ3v) is 1.83. The quantitative estimate of drug-likeness (QED) is 0.770. The molecule has 1 aromatic rings. The summed E-state index contributed by atoms with van der Waals surface area (Å²) < 4.78 is 24.6. The van der Waals surface area contributed by atoms with Crippen LogP contribution in [0.4, 0.5) is 8.78 Å². The van der Waals surface area contributed by atoms with Crippen molar-refractivity contribution in [2.45, 2.75) is 18.9 Å². The van der Waals surface area contributed by atoms with E-state index in [9.17, 15) is 8.78 Å². The van der Waals surface area contributed by atoms with E-state index in [1.807, 2.05) is 0 Å². The van der Waals surface area contributed by atoms with Crippen LogP contribution in [-0.4, -0.2) is 24.5 Å². The summed E-state index contributed by atoms with van der Waals surface area (Å²) in [6, 6.07) is 4.49. The molecule has 0 fully saturated rings. The second-order valence-corrected chi connectivity index (χ2v) is 2.75. The zero-order valence-electron chi connectivity index (χ0n) is 7.37. The molecule has 0 aromatic carbocycles. The first kappa shape index (κ1) is 10.1.